The molecule has 0 radical (unpaired) electrons. The van der Waals surface area contributed by atoms with Crippen molar-refractivity contribution >= 4 is 23.4 Å². The number of hydrogen-bond acceptors (Lipinski definition) is 3. The second-order valence-electron chi connectivity index (χ2n) is 2.58. The molecule has 0 amide bonds. The fourth-order valence-corrected chi connectivity index (χ4v) is 1.27. The second-order valence-corrected chi connectivity index (χ2v) is 2.95. The molecule has 6 heteroatoms. The van der Waals surface area contributed by atoms with E-state index in [4.69, 9.17) is 16.7 Å². The van der Waals surface area contributed by atoms with E-state index in [0.717, 1.165) is 12.1 Å². The third-order valence-electron chi connectivity index (χ3n) is 1.69. The van der Waals surface area contributed by atoms with Crippen molar-refractivity contribution in [3.8, 4) is 5.75 Å². The molecule has 4 nitrogen and oxygen atoms in total. The van der Waals surface area contributed by atoms with Crippen molar-refractivity contribution in [2.45, 2.75) is 0 Å². The molecule has 0 saturated carbocycles. The Morgan fingerprint density at radius 3 is 2.53 bits per heavy atom. The van der Waals surface area contributed by atoms with Crippen LogP contribution in [0.2, 0.25) is 5.02 Å². The number of methoxy groups -OCH3 is 1. The van der Waals surface area contributed by atoms with E-state index in [1.807, 2.05) is 0 Å². The molecule has 0 fully saturated rings. The summed E-state index contributed by atoms with van der Waals surface area (Å²) in [5, 5.41) is 8.06. The number of hydrogen-bond donors (Lipinski definition) is 1. The molecule has 0 bridgehead atoms. The lowest BCUT2D eigenvalue weighted by molar-refractivity contribution is -0.131. The lowest BCUT2D eigenvalue weighted by atomic mass is 10.1. The Balaban J connectivity index is 3.37. The summed E-state index contributed by atoms with van der Waals surface area (Å²) in [5.41, 5.74) is -0.281. The van der Waals surface area contributed by atoms with Crippen LogP contribution in [0.1, 0.15) is 10.4 Å². The second kappa shape index (κ2) is 4.27. The van der Waals surface area contributed by atoms with Gasteiger partial charge >= 0.3 is 5.97 Å². The van der Waals surface area contributed by atoms with Crippen LogP contribution < -0.4 is 4.74 Å². The van der Waals surface area contributed by atoms with Gasteiger partial charge in [-0.25, -0.2) is 9.18 Å². The Bertz CT molecular complexity index is 430. The molecule has 0 aliphatic carbocycles. The highest BCUT2D eigenvalue weighted by Crippen LogP contribution is 2.31. The zero-order valence-electron chi connectivity index (χ0n) is 7.58. The lowest BCUT2D eigenvalue weighted by Crippen LogP contribution is -2.14. The van der Waals surface area contributed by atoms with Gasteiger partial charge in [0.15, 0.2) is 5.75 Å². The van der Waals surface area contributed by atoms with Gasteiger partial charge in [0.05, 0.1) is 12.7 Å². The highest BCUT2D eigenvalue weighted by atomic mass is 35.5. The average Bonchev–Trinajstić information content (AvgIpc) is 2.20. The Kier molecular flexibility index (Phi) is 3.26. The fourth-order valence-electron chi connectivity index (χ4n) is 1.03. The van der Waals surface area contributed by atoms with Gasteiger partial charge in [0.1, 0.15) is 10.8 Å². The van der Waals surface area contributed by atoms with Gasteiger partial charge in [-0.15, -0.1) is 0 Å². The van der Waals surface area contributed by atoms with Crippen molar-refractivity contribution < 1.29 is 23.8 Å². The minimum atomic E-state index is -1.66. The van der Waals surface area contributed by atoms with Crippen molar-refractivity contribution in [2.75, 3.05) is 7.11 Å². The van der Waals surface area contributed by atoms with Crippen LogP contribution in [-0.2, 0) is 4.79 Å². The molecule has 0 aromatic heterocycles. The lowest BCUT2D eigenvalue weighted by Gasteiger charge is -2.07. The van der Waals surface area contributed by atoms with Crippen molar-refractivity contribution in [3.05, 3.63) is 28.5 Å². The van der Waals surface area contributed by atoms with E-state index in [-0.39, 0.29) is 11.3 Å². The van der Waals surface area contributed by atoms with Crippen molar-refractivity contribution in [2.24, 2.45) is 0 Å². The largest absolute Gasteiger partial charge is 0.494 e. The van der Waals surface area contributed by atoms with E-state index in [1.54, 1.807) is 0 Å². The summed E-state index contributed by atoms with van der Waals surface area (Å²) in [5.74, 6) is -3.91. The first-order chi connectivity index (χ1) is 6.99. The summed E-state index contributed by atoms with van der Waals surface area (Å²) in [7, 11) is 1.17. The maximum atomic E-state index is 12.9. The van der Waals surface area contributed by atoms with Gasteiger partial charge in [-0.05, 0) is 12.1 Å². The van der Waals surface area contributed by atoms with Crippen LogP contribution in [0, 0.1) is 5.82 Å². The quantitative estimate of drug-likeness (QED) is 0.637. The van der Waals surface area contributed by atoms with Crippen molar-refractivity contribution in [1.29, 1.82) is 0 Å². The Hall–Kier alpha value is -1.62. The Morgan fingerprint density at radius 1 is 1.47 bits per heavy atom. The molecule has 1 rings (SSSR count). The topological polar surface area (TPSA) is 63.6 Å². The molecule has 1 N–H and O–H groups in total. The summed E-state index contributed by atoms with van der Waals surface area (Å²) in [6.07, 6.45) is 0. The highest BCUT2D eigenvalue weighted by Gasteiger charge is 2.22. The standard InChI is InChI=1S/C9H6ClFO4/c1-15-8-4(7(12)9(13)14)2-3-5(11)6(8)10/h2-3H,1H3,(H,13,14). The van der Waals surface area contributed by atoms with E-state index >= 15 is 0 Å². The zero-order chi connectivity index (χ0) is 11.6. The number of ether oxygens (including phenoxy) is 1. The van der Waals surface area contributed by atoms with Gasteiger partial charge in [-0.1, -0.05) is 11.6 Å². The number of carboxylic acids is 1. The van der Waals surface area contributed by atoms with Gasteiger partial charge in [0, 0.05) is 0 Å². The molecule has 0 saturated heterocycles. The molecule has 1 aromatic carbocycles. The number of Topliss-reactive ketones (excluding diaryl/α,β-unsaturated/α-hetero) is 1. The normalized spacial score (nSPS) is 9.80. The van der Waals surface area contributed by atoms with E-state index in [1.165, 1.54) is 7.11 Å². The zero-order valence-corrected chi connectivity index (χ0v) is 8.34. The molecule has 80 valence electrons. The van der Waals surface area contributed by atoms with E-state index < -0.39 is 22.6 Å². The number of carboxylic acid groups (broad SMARTS) is 1. The monoisotopic (exact) mass is 232 g/mol. The first-order valence-corrected chi connectivity index (χ1v) is 4.16. The van der Waals surface area contributed by atoms with Crippen molar-refractivity contribution in [1.82, 2.24) is 0 Å². The smallest absolute Gasteiger partial charge is 0.377 e. The van der Waals surface area contributed by atoms with Gasteiger partial charge in [0.2, 0.25) is 0 Å². The first-order valence-electron chi connectivity index (χ1n) is 3.78. The minimum absolute atomic E-state index is 0.274. The molecule has 0 heterocycles. The molecule has 1 aromatic rings. The number of carbonyl (C=O) groups excluding carboxylic acids is 1. The van der Waals surface area contributed by atoms with Crippen LogP contribution in [-0.4, -0.2) is 24.0 Å². The van der Waals surface area contributed by atoms with E-state index in [0.29, 0.717) is 0 Å². The van der Waals surface area contributed by atoms with Gasteiger partial charge in [-0.2, -0.15) is 0 Å². The Morgan fingerprint density at radius 2 is 2.07 bits per heavy atom. The fraction of sp³-hybridized carbons (Fsp3) is 0.111. The van der Waals surface area contributed by atoms with Crippen molar-refractivity contribution in [3.63, 3.8) is 0 Å². The first kappa shape index (κ1) is 11.5. The molecule has 0 aliphatic heterocycles. The summed E-state index contributed by atoms with van der Waals surface area (Å²) in [4.78, 5) is 21.5. The average molecular weight is 233 g/mol. The minimum Gasteiger partial charge on any atom is -0.494 e. The van der Waals surface area contributed by atoms with Crippen LogP contribution in [0.15, 0.2) is 12.1 Å². The summed E-state index contributed by atoms with van der Waals surface area (Å²) < 4.78 is 17.6. The van der Waals surface area contributed by atoms with E-state index in [2.05, 4.69) is 4.74 Å². The van der Waals surface area contributed by atoms with Crippen LogP contribution in [0.3, 0.4) is 0 Å². The number of carbonyl (C=O) groups is 2. The van der Waals surface area contributed by atoms with Crippen LogP contribution >= 0.6 is 11.6 Å². The molecular formula is C9H6ClFO4. The van der Waals surface area contributed by atoms with Crippen LogP contribution in [0.5, 0.6) is 5.75 Å². The maximum Gasteiger partial charge on any atom is 0.377 e. The summed E-state index contributed by atoms with van der Waals surface area (Å²) >= 11 is 5.50. The number of rotatable bonds is 3. The summed E-state index contributed by atoms with van der Waals surface area (Å²) in [6.45, 7) is 0. The van der Waals surface area contributed by atoms with E-state index in [9.17, 15) is 14.0 Å². The number of halogens is 2. The number of ketones is 1. The molecular weight excluding hydrogens is 227 g/mol. The van der Waals surface area contributed by atoms with Gasteiger partial charge in [-0.3, -0.25) is 4.79 Å². The SMILES string of the molecule is COc1c(C(=O)C(=O)O)ccc(F)c1Cl. The van der Waals surface area contributed by atoms with Crippen LogP contribution in [0.4, 0.5) is 4.39 Å². The third kappa shape index (κ3) is 2.07. The predicted octanol–water partition coefficient (Wildman–Crippen LogP) is 1.76. The summed E-state index contributed by atoms with van der Waals surface area (Å²) in [6, 6.07) is 1.91. The molecule has 0 unspecified atom stereocenters. The number of benzene rings is 1. The third-order valence-corrected chi connectivity index (χ3v) is 2.05. The van der Waals surface area contributed by atoms with Crippen LogP contribution in [0.25, 0.3) is 0 Å². The van der Waals surface area contributed by atoms with Gasteiger partial charge < -0.3 is 9.84 Å². The van der Waals surface area contributed by atoms with Gasteiger partial charge in [0.25, 0.3) is 5.78 Å². The molecule has 0 aliphatic rings. The maximum absolute atomic E-state index is 12.9. The highest BCUT2D eigenvalue weighted by molar-refractivity contribution is 6.42. The number of aliphatic carboxylic acids is 1. The molecule has 0 spiro atoms. The Labute approximate surface area is 89.2 Å². The molecule has 0 atom stereocenters. The molecule has 15 heavy (non-hydrogen) atoms. The predicted molar refractivity (Wildman–Crippen MR) is 49.9 cm³/mol.